The molecule has 2 aromatic rings. The van der Waals surface area contributed by atoms with Crippen LogP contribution in [-0.2, 0) is 6.54 Å². The van der Waals surface area contributed by atoms with Gasteiger partial charge in [0.05, 0.1) is 25.5 Å². The van der Waals surface area contributed by atoms with Crippen LogP contribution in [0.4, 0.5) is 5.69 Å². The summed E-state index contributed by atoms with van der Waals surface area (Å²) in [6.07, 6.45) is 5.87. The number of anilines is 1. The topological polar surface area (TPSA) is 115 Å². The molecule has 2 heterocycles. The normalized spacial score (nSPS) is 14.4. The van der Waals surface area contributed by atoms with Gasteiger partial charge in [0.2, 0.25) is 0 Å². The van der Waals surface area contributed by atoms with Crippen LogP contribution < -0.4 is 15.8 Å². The van der Waals surface area contributed by atoms with Gasteiger partial charge in [0.1, 0.15) is 5.75 Å². The van der Waals surface area contributed by atoms with Crippen molar-refractivity contribution in [2.75, 3.05) is 32.1 Å². The second kappa shape index (κ2) is 9.32. The summed E-state index contributed by atoms with van der Waals surface area (Å²) in [4.78, 5) is 27.3. The average Bonchev–Trinajstić information content (AvgIpc) is 3.00. The zero-order chi connectivity index (χ0) is 19.9. The SMILES string of the molecule is COc1ccc(C(=O)N2CCCCCC2)cc1NC(=O)c1cn(CCN)nn1. The number of carbonyl (C=O) groups is 2. The van der Waals surface area contributed by atoms with Crippen LogP contribution in [0.15, 0.2) is 24.4 Å². The minimum absolute atomic E-state index is 0.0334. The zero-order valence-corrected chi connectivity index (χ0v) is 16.1. The van der Waals surface area contributed by atoms with Crippen molar-refractivity contribution >= 4 is 17.5 Å². The zero-order valence-electron chi connectivity index (χ0n) is 16.1. The van der Waals surface area contributed by atoms with Crippen LogP contribution >= 0.6 is 0 Å². The maximum atomic E-state index is 12.9. The Kier molecular flexibility index (Phi) is 6.59. The Labute approximate surface area is 163 Å². The largest absolute Gasteiger partial charge is 0.495 e. The van der Waals surface area contributed by atoms with E-state index in [0.717, 1.165) is 38.8 Å². The van der Waals surface area contributed by atoms with Gasteiger partial charge in [-0.05, 0) is 31.0 Å². The van der Waals surface area contributed by atoms with Gasteiger partial charge < -0.3 is 20.7 Å². The van der Waals surface area contributed by atoms with Crippen molar-refractivity contribution in [3.8, 4) is 5.75 Å². The second-order valence-corrected chi connectivity index (χ2v) is 6.73. The lowest BCUT2D eigenvalue weighted by Gasteiger charge is -2.21. The first-order valence-corrected chi connectivity index (χ1v) is 9.51. The monoisotopic (exact) mass is 386 g/mol. The molecular weight excluding hydrogens is 360 g/mol. The Morgan fingerprint density at radius 1 is 1.21 bits per heavy atom. The molecule has 150 valence electrons. The van der Waals surface area contributed by atoms with Crippen LogP contribution in [-0.4, -0.2) is 58.5 Å². The molecule has 0 spiro atoms. The summed E-state index contributed by atoms with van der Waals surface area (Å²) in [5, 5.41) is 10.5. The molecule has 3 N–H and O–H groups in total. The van der Waals surface area contributed by atoms with Crippen LogP contribution in [0.1, 0.15) is 46.5 Å². The summed E-state index contributed by atoms with van der Waals surface area (Å²) in [7, 11) is 1.51. The quantitative estimate of drug-likeness (QED) is 0.778. The fourth-order valence-corrected chi connectivity index (χ4v) is 3.23. The fraction of sp³-hybridized carbons (Fsp3) is 0.474. The minimum atomic E-state index is -0.430. The lowest BCUT2D eigenvalue weighted by Crippen LogP contribution is -2.31. The maximum absolute atomic E-state index is 12.9. The van der Waals surface area contributed by atoms with Crippen molar-refractivity contribution in [1.29, 1.82) is 0 Å². The number of aromatic nitrogens is 3. The average molecular weight is 386 g/mol. The van der Waals surface area contributed by atoms with Gasteiger partial charge in [-0.1, -0.05) is 18.1 Å². The van der Waals surface area contributed by atoms with E-state index in [-0.39, 0.29) is 11.6 Å². The highest BCUT2D eigenvalue weighted by atomic mass is 16.5. The van der Waals surface area contributed by atoms with Gasteiger partial charge in [0, 0.05) is 25.2 Å². The number of methoxy groups -OCH3 is 1. The third-order valence-corrected chi connectivity index (χ3v) is 4.72. The number of amides is 2. The van der Waals surface area contributed by atoms with E-state index in [1.54, 1.807) is 18.2 Å². The highest BCUT2D eigenvalue weighted by Gasteiger charge is 2.20. The van der Waals surface area contributed by atoms with E-state index in [2.05, 4.69) is 15.6 Å². The summed E-state index contributed by atoms with van der Waals surface area (Å²) in [6, 6.07) is 5.06. The number of hydrogen-bond acceptors (Lipinski definition) is 6. The molecular formula is C19H26N6O3. The predicted octanol–water partition coefficient (Wildman–Crippen LogP) is 1.51. The molecule has 0 radical (unpaired) electrons. The standard InChI is InChI=1S/C19H26N6O3/c1-28-17-7-6-14(19(27)24-9-4-2-3-5-10-24)12-15(17)21-18(26)16-13-25(11-8-20)23-22-16/h6-7,12-13H,2-5,8-11,20H2,1H3,(H,21,26). The van der Waals surface area contributed by atoms with Crippen molar-refractivity contribution in [3.63, 3.8) is 0 Å². The van der Waals surface area contributed by atoms with E-state index in [1.165, 1.54) is 18.0 Å². The molecule has 1 aromatic carbocycles. The number of nitrogens with zero attached hydrogens (tertiary/aromatic N) is 4. The summed E-state index contributed by atoms with van der Waals surface area (Å²) in [5.74, 6) is 0.00463. The molecule has 0 atom stereocenters. The molecule has 0 bridgehead atoms. The number of nitrogens with one attached hydrogen (secondary N) is 1. The lowest BCUT2D eigenvalue weighted by atomic mass is 10.1. The van der Waals surface area contributed by atoms with Crippen LogP contribution in [0.2, 0.25) is 0 Å². The molecule has 1 saturated heterocycles. The van der Waals surface area contributed by atoms with Crippen LogP contribution in [0.3, 0.4) is 0 Å². The number of carbonyl (C=O) groups excluding carboxylic acids is 2. The van der Waals surface area contributed by atoms with E-state index < -0.39 is 5.91 Å². The Bertz CT molecular complexity index is 827. The van der Waals surface area contributed by atoms with Crippen molar-refractivity contribution in [2.24, 2.45) is 5.73 Å². The number of rotatable bonds is 6. The van der Waals surface area contributed by atoms with E-state index in [0.29, 0.717) is 30.1 Å². The van der Waals surface area contributed by atoms with Gasteiger partial charge in [0.25, 0.3) is 11.8 Å². The van der Waals surface area contributed by atoms with E-state index in [9.17, 15) is 9.59 Å². The van der Waals surface area contributed by atoms with Gasteiger partial charge in [-0.25, -0.2) is 0 Å². The van der Waals surface area contributed by atoms with E-state index in [1.807, 2.05) is 4.90 Å². The third kappa shape index (κ3) is 4.66. The van der Waals surface area contributed by atoms with Crippen LogP contribution in [0, 0.1) is 0 Å². The first-order valence-electron chi connectivity index (χ1n) is 9.51. The molecule has 1 aliphatic heterocycles. The molecule has 3 rings (SSSR count). The van der Waals surface area contributed by atoms with Crippen molar-refractivity contribution in [3.05, 3.63) is 35.7 Å². The minimum Gasteiger partial charge on any atom is -0.495 e. The smallest absolute Gasteiger partial charge is 0.277 e. The van der Waals surface area contributed by atoms with Gasteiger partial charge in [0.15, 0.2) is 5.69 Å². The first-order chi connectivity index (χ1) is 13.6. The van der Waals surface area contributed by atoms with Crippen molar-refractivity contribution < 1.29 is 14.3 Å². The van der Waals surface area contributed by atoms with Crippen LogP contribution in [0.5, 0.6) is 5.75 Å². The number of hydrogen-bond donors (Lipinski definition) is 2. The Morgan fingerprint density at radius 2 is 1.96 bits per heavy atom. The lowest BCUT2D eigenvalue weighted by molar-refractivity contribution is 0.0761. The Morgan fingerprint density at radius 3 is 2.64 bits per heavy atom. The van der Waals surface area contributed by atoms with E-state index >= 15 is 0 Å². The Balaban J connectivity index is 1.78. The number of benzene rings is 1. The molecule has 28 heavy (non-hydrogen) atoms. The van der Waals surface area contributed by atoms with Gasteiger partial charge in [-0.2, -0.15) is 0 Å². The second-order valence-electron chi connectivity index (χ2n) is 6.73. The van der Waals surface area contributed by atoms with E-state index in [4.69, 9.17) is 10.5 Å². The summed E-state index contributed by atoms with van der Waals surface area (Å²) < 4.78 is 6.83. The molecule has 1 aromatic heterocycles. The molecule has 9 nitrogen and oxygen atoms in total. The number of likely N-dealkylation sites (tertiary alicyclic amines) is 1. The highest BCUT2D eigenvalue weighted by molar-refractivity contribution is 6.04. The van der Waals surface area contributed by atoms with Crippen LogP contribution in [0.25, 0.3) is 0 Å². The highest BCUT2D eigenvalue weighted by Crippen LogP contribution is 2.27. The third-order valence-electron chi connectivity index (χ3n) is 4.72. The van der Waals surface area contributed by atoms with Gasteiger partial charge >= 0.3 is 0 Å². The summed E-state index contributed by atoms with van der Waals surface area (Å²) in [6.45, 7) is 2.40. The fourth-order valence-electron chi connectivity index (χ4n) is 3.23. The molecule has 9 heteroatoms. The molecule has 0 unspecified atom stereocenters. The molecule has 0 aliphatic carbocycles. The van der Waals surface area contributed by atoms with Crippen molar-refractivity contribution in [1.82, 2.24) is 19.9 Å². The molecule has 1 aliphatic rings. The van der Waals surface area contributed by atoms with Gasteiger partial charge in [-0.3, -0.25) is 14.3 Å². The van der Waals surface area contributed by atoms with Gasteiger partial charge in [-0.15, -0.1) is 5.10 Å². The molecule has 2 amide bonds. The molecule has 1 fully saturated rings. The summed E-state index contributed by atoms with van der Waals surface area (Å²) >= 11 is 0. The maximum Gasteiger partial charge on any atom is 0.277 e. The number of nitrogens with two attached hydrogens (primary N) is 1. The van der Waals surface area contributed by atoms with Crippen molar-refractivity contribution in [2.45, 2.75) is 32.2 Å². The Hall–Kier alpha value is -2.94. The predicted molar refractivity (Wildman–Crippen MR) is 104 cm³/mol. The summed E-state index contributed by atoms with van der Waals surface area (Å²) in [5.41, 5.74) is 6.58. The first kappa shape index (κ1) is 19.8. The molecule has 0 saturated carbocycles. The number of ether oxygens (including phenoxy) is 1.